The Morgan fingerprint density at radius 2 is 1.68 bits per heavy atom. The lowest BCUT2D eigenvalue weighted by molar-refractivity contribution is -0.120. The number of ether oxygens (including phenoxy) is 3. The van der Waals surface area contributed by atoms with Crippen molar-refractivity contribution in [1.29, 1.82) is 0 Å². The van der Waals surface area contributed by atoms with E-state index in [0.717, 1.165) is 12.5 Å². The molecule has 5 atom stereocenters. The van der Waals surface area contributed by atoms with E-state index in [1.165, 1.54) is 33.3 Å². The van der Waals surface area contributed by atoms with E-state index in [1.807, 2.05) is 13.8 Å². The summed E-state index contributed by atoms with van der Waals surface area (Å²) in [5.74, 6) is -2.75. The molecule has 0 spiro atoms. The summed E-state index contributed by atoms with van der Waals surface area (Å²) in [5.41, 5.74) is 6.14. The average Bonchev–Trinajstić information content (AvgIpc) is 3.05. The Hall–Kier alpha value is -4.65. The van der Waals surface area contributed by atoms with Crippen molar-refractivity contribution in [2.45, 2.75) is 66.0 Å². The molecule has 0 radical (unpaired) electrons. The number of carbonyl (C=O) groups excluding carboxylic acids is 5. The Kier molecular flexibility index (Phi) is 15.2. The van der Waals surface area contributed by atoms with Crippen LogP contribution in [-0.4, -0.2) is 67.3 Å². The SMILES string of the molecule is CCC(C)CC1=C(NC(=O)c2ccccc2)C(=O)C=C(NC(=O)/C(C)=C/C=C\C(OC)C(OC(N)=O)/C(C)=C/C(C)C(O)OC)C1=O. The van der Waals surface area contributed by atoms with Gasteiger partial charge in [0, 0.05) is 42.9 Å². The molecule has 1 aromatic rings. The monoisotopic (exact) mass is 651 g/mol. The van der Waals surface area contributed by atoms with Crippen LogP contribution < -0.4 is 16.4 Å². The van der Waals surface area contributed by atoms with Gasteiger partial charge in [0.25, 0.3) is 11.8 Å². The van der Waals surface area contributed by atoms with E-state index >= 15 is 0 Å². The van der Waals surface area contributed by atoms with Gasteiger partial charge in [-0.25, -0.2) is 4.79 Å². The summed E-state index contributed by atoms with van der Waals surface area (Å²) in [5, 5.41) is 15.1. The Morgan fingerprint density at radius 3 is 2.26 bits per heavy atom. The molecule has 1 aliphatic rings. The van der Waals surface area contributed by atoms with Crippen LogP contribution >= 0.6 is 0 Å². The number of nitrogens with two attached hydrogens (primary N) is 1. The van der Waals surface area contributed by atoms with Crippen LogP contribution in [0.1, 0.15) is 57.8 Å². The Bertz CT molecular complexity index is 1470. The predicted molar refractivity (Wildman–Crippen MR) is 175 cm³/mol. The van der Waals surface area contributed by atoms with Crippen LogP contribution in [0.5, 0.6) is 0 Å². The standard InChI is InChI=1S/C35H45N3O9/c1-8-20(2)17-25-29(38-33(42)24-14-10-9-11-15-24)27(39)19-26(30(25)40)37-32(41)21(3)13-12-16-28(45-6)31(47-35(36)44)22(4)18-23(5)34(43)46-7/h9-16,18-20,23,28,31,34,43H,8,17H2,1-7H3,(H2,36,44)(H,37,41)(H,38,42)/b16-12-,21-13+,22-18+. The van der Waals surface area contributed by atoms with Crippen molar-refractivity contribution in [2.75, 3.05) is 14.2 Å². The highest BCUT2D eigenvalue weighted by atomic mass is 16.6. The van der Waals surface area contributed by atoms with Gasteiger partial charge in [-0.15, -0.1) is 0 Å². The molecule has 47 heavy (non-hydrogen) atoms. The zero-order chi connectivity index (χ0) is 35.3. The number of benzene rings is 1. The first-order valence-corrected chi connectivity index (χ1v) is 15.2. The number of aliphatic hydroxyl groups excluding tert-OH is 1. The number of ketones is 2. The number of methoxy groups -OCH3 is 2. The number of nitrogens with one attached hydrogen (secondary N) is 2. The Labute approximate surface area is 275 Å². The fourth-order valence-corrected chi connectivity index (χ4v) is 4.65. The molecule has 1 aliphatic carbocycles. The molecule has 0 heterocycles. The molecule has 0 bridgehead atoms. The van der Waals surface area contributed by atoms with Crippen LogP contribution in [0.15, 0.2) is 88.8 Å². The number of carbonyl (C=O) groups is 5. The van der Waals surface area contributed by atoms with Gasteiger partial charge in [-0.3, -0.25) is 19.2 Å². The number of hydrogen-bond donors (Lipinski definition) is 4. The molecule has 5 N–H and O–H groups in total. The van der Waals surface area contributed by atoms with Crippen LogP contribution in [0, 0.1) is 11.8 Å². The minimum atomic E-state index is -1.08. The Morgan fingerprint density at radius 1 is 1.02 bits per heavy atom. The van der Waals surface area contributed by atoms with Gasteiger partial charge in [-0.05, 0) is 43.9 Å². The number of Topliss-reactive ketones (excluding diaryl/α,β-unsaturated/α-hetero) is 1. The summed E-state index contributed by atoms with van der Waals surface area (Å²) in [7, 11) is 2.76. The van der Waals surface area contributed by atoms with E-state index in [0.29, 0.717) is 11.1 Å². The van der Waals surface area contributed by atoms with Crippen molar-refractivity contribution in [3.8, 4) is 0 Å². The third-order valence-corrected chi connectivity index (χ3v) is 7.60. The molecular weight excluding hydrogens is 606 g/mol. The molecular formula is C35H45N3O9. The summed E-state index contributed by atoms with van der Waals surface area (Å²) in [6.45, 7) is 8.77. The van der Waals surface area contributed by atoms with Gasteiger partial charge in [0.15, 0.2) is 12.4 Å². The molecule has 12 nitrogen and oxygen atoms in total. The first-order valence-electron chi connectivity index (χ1n) is 15.2. The van der Waals surface area contributed by atoms with Crippen LogP contribution in [0.25, 0.3) is 0 Å². The molecule has 3 amide bonds. The van der Waals surface area contributed by atoms with E-state index in [-0.39, 0.29) is 34.9 Å². The molecule has 2 rings (SSSR count). The second-order valence-electron chi connectivity index (χ2n) is 11.3. The number of aliphatic hydroxyl groups is 1. The fourth-order valence-electron chi connectivity index (χ4n) is 4.65. The van der Waals surface area contributed by atoms with Gasteiger partial charge in [0.2, 0.25) is 11.6 Å². The average molecular weight is 652 g/mol. The van der Waals surface area contributed by atoms with Crippen LogP contribution in [0.3, 0.4) is 0 Å². The van der Waals surface area contributed by atoms with Gasteiger partial charge in [0.1, 0.15) is 6.10 Å². The molecule has 1 aromatic carbocycles. The molecule has 0 aliphatic heterocycles. The van der Waals surface area contributed by atoms with Crippen molar-refractivity contribution in [3.05, 3.63) is 94.4 Å². The largest absolute Gasteiger partial charge is 0.439 e. The first kappa shape index (κ1) is 38.5. The molecule has 254 valence electrons. The molecule has 5 unspecified atom stereocenters. The first-order chi connectivity index (χ1) is 22.2. The van der Waals surface area contributed by atoms with Gasteiger partial charge >= 0.3 is 6.09 Å². The van der Waals surface area contributed by atoms with Crippen molar-refractivity contribution in [2.24, 2.45) is 17.6 Å². The van der Waals surface area contributed by atoms with Crippen molar-refractivity contribution in [1.82, 2.24) is 10.6 Å². The maximum atomic E-state index is 13.5. The lowest BCUT2D eigenvalue weighted by Crippen LogP contribution is -2.37. The lowest BCUT2D eigenvalue weighted by Gasteiger charge is -2.25. The third-order valence-electron chi connectivity index (χ3n) is 7.60. The quantitative estimate of drug-likeness (QED) is 0.0679. The van der Waals surface area contributed by atoms with E-state index in [2.05, 4.69) is 10.6 Å². The van der Waals surface area contributed by atoms with Gasteiger partial charge < -0.3 is 35.7 Å². The third kappa shape index (κ3) is 11.3. The number of amides is 3. The minimum Gasteiger partial charge on any atom is -0.439 e. The number of hydrogen-bond acceptors (Lipinski definition) is 9. The molecule has 0 fully saturated rings. The van der Waals surface area contributed by atoms with Gasteiger partial charge in [0.05, 0.1) is 11.4 Å². The molecule has 0 saturated carbocycles. The zero-order valence-electron chi connectivity index (χ0n) is 27.9. The minimum absolute atomic E-state index is 0.0232. The second-order valence-corrected chi connectivity index (χ2v) is 11.3. The van der Waals surface area contributed by atoms with E-state index in [4.69, 9.17) is 19.9 Å². The highest BCUT2D eigenvalue weighted by Gasteiger charge is 2.32. The van der Waals surface area contributed by atoms with Gasteiger partial charge in [-0.1, -0.05) is 69.7 Å². The number of primary amides is 1. The van der Waals surface area contributed by atoms with Crippen LogP contribution in [0.4, 0.5) is 4.79 Å². The van der Waals surface area contributed by atoms with Gasteiger partial charge in [-0.2, -0.15) is 0 Å². The summed E-state index contributed by atoms with van der Waals surface area (Å²) >= 11 is 0. The van der Waals surface area contributed by atoms with Crippen molar-refractivity contribution in [3.63, 3.8) is 0 Å². The number of allylic oxidation sites excluding steroid dienone is 4. The fraction of sp³-hybridized carbons (Fsp3) is 0.400. The summed E-state index contributed by atoms with van der Waals surface area (Å²) < 4.78 is 15.7. The lowest BCUT2D eigenvalue weighted by atomic mass is 9.88. The summed E-state index contributed by atoms with van der Waals surface area (Å²) in [6, 6.07) is 8.32. The predicted octanol–water partition coefficient (Wildman–Crippen LogP) is 3.79. The second kappa shape index (κ2) is 18.5. The highest BCUT2D eigenvalue weighted by molar-refractivity contribution is 6.24. The van der Waals surface area contributed by atoms with Crippen molar-refractivity contribution < 1.29 is 43.3 Å². The maximum absolute atomic E-state index is 13.5. The summed E-state index contributed by atoms with van der Waals surface area (Å²) in [4.78, 5) is 64.3. The van der Waals surface area contributed by atoms with E-state index in [1.54, 1.807) is 56.3 Å². The Balaban J connectivity index is 2.27. The normalized spacial score (nSPS) is 17.5. The van der Waals surface area contributed by atoms with Crippen LogP contribution in [-0.2, 0) is 28.6 Å². The topological polar surface area (TPSA) is 183 Å². The maximum Gasteiger partial charge on any atom is 0.405 e. The molecule has 0 saturated heterocycles. The smallest absolute Gasteiger partial charge is 0.405 e. The zero-order valence-corrected chi connectivity index (χ0v) is 27.9. The molecule has 12 heteroatoms. The van der Waals surface area contributed by atoms with Crippen LogP contribution in [0.2, 0.25) is 0 Å². The number of rotatable bonds is 16. The van der Waals surface area contributed by atoms with Crippen molar-refractivity contribution >= 4 is 29.5 Å². The highest BCUT2D eigenvalue weighted by Crippen LogP contribution is 2.25. The van der Waals surface area contributed by atoms with E-state index in [9.17, 15) is 29.1 Å². The summed E-state index contributed by atoms with van der Waals surface area (Å²) in [6.07, 6.45) is 4.23. The molecule has 0 aromatic heterocycles. The van der Waals surface area contributed by atoms with E-state index < -0.39 is 53.9 Å².